The van der Waals surface area contributed by atoms with Crippen molar-refractivity contribution in [3.05, 3.63) is 42.6 Å². The Hall–Kier alpha value is -2.43. The average molecular weight is 322 g/mol. The van der Waals surface area contributed by atoms with Crippen LogP contribution in [0.3, 0.4) is 0 Å². The van der Waals surface area contributed by atoms with E-state index < -0.39 is 0 Å². The van der Waals surface area contributed by atoms with Crippen molar-refractivity contribution >= 4 is 11.7 Å². The van der Waals surface area contributed by atoms with Gasteiger partial charge in [-0.1, -0.05) is 37.3 Å². The highest BCUT2D eigenvalue weighted by Gasteiger charge is 2.47. The molecule has 2 heterocycles. The Balaban J connectivity index is 1.45. The van der Waals surface area contributed by atoms with E-state index in [0.29, 0.717) is 5.91 Å². The van der Waals surface area contributed by atoms with Crippen LogP contribution in [0.15, 0.2) is 42.6 Å². The molecule has 0 N–H and O–H groups in total. The van der Waals surface area contributed by atoms with Crippen molar-refractivity contribution in [2.75, 3.05) is 31.1 Å². The molecule has 1 saturated carbocycles. The fourth-order valence-corrected chi connectivity index (χ4v) is 3.17. The zero-order valence-corrected chi connectivity index (χ0v) is 14.0. The zero-order chi connectivity index (χ0) is 16.6. The van der Waals surface area contributed by atoms with Crippen LogP contribution in [-0.4, -0.2) is 47.0 Å². The molecule has 0 bridgehead atoms. The van der Waals surface area contributed by atoms with E-state index in [1.165, 1.54) is 0 Å². The number of rotatable bonds is 3. The third-order valence-electron chi connectivity index (χ3n) is 5.08. The maximum atomic E-state index is 12.4. The predicted octanol–water partition coefficient (Wildman–Crippen LogP) is 2.59. The van der Waals surface area contributed by atoms with Crippen LogP contribution in [-0.2, 0) is 4.79 Å². The lowest BCUT2D eigenvalue weighted by Gasteiger charge is -2.36. The maximum absolute atomic E-state index is 12.4. The van der Waals surface area contributed by atoms with Gasteiger partial charge in [-0.05, 0) is 18.9 Å². The smallest absolute Gasteiger partial charge is 0.228 e. The molecule has 5 nitrogen and oxygen atoms in total. The van der Waals surface area contributed by atoms with E-state index in [2.05, 4.69) is 16.8 Å². The van der Waals surface area contributed by atoms with Crippen molar-refractivity contribution in [3.63, 3.8) is 0 Å². The van der Waals surface area contributed by atoms with Gasteiger partial charge in [0.15, 0.2) is 5.82 Å². The van der Waals surface area contributed by atoms with E-state index in [-0.39, 0.29) is 5.41 Å². The summed E-state index contributed by atoms with van der Waals surface area (Å²) in [6.07, 6.45) is 3.89. The van der Waals surface area contributed by atoms with E-state index in [4.69, 9.17) is 4.98 Å². The van der Waals surface area contributed by atoms with Crippen molar-refractivity contribution in [1.82, 2.24) is 14.9 Å². The number of nitrogens with zero attached hydrogens (tertiary/aromatic N) is 4. The van der Waals surface area contributed by atoms with Gasteiger partial charge in [0.05, 0.1) is 0 Å². The molecule has 4 rings (SSSR count). The predicted molar refractivity (Wildman–Crippen MR) is 93.6 cm³/mol. The van der Waals surface area contributed by atoms with Gasteiger partial charge in [0.1, 0.15) is 5.82 Å². The normalized spacial score (nSPS) is 19.2. The third kappa shape index (κ3) is 2.86. The molecule has 0 unspecified atom stereocenters. The van der Waals surface area contributed by atoms with Crippen LogP contribution in [0.1, 0.15) is 19.8 Å². The van der Waals surface area contributed by atoms with Crippen LogP contribution in [0.4, 0.5) is 5.82 Å². The lowest BCUT2D eigenvalue weighted by molar-refractivity contribution is -0.136. The molecule has 0 radical (unpaired) electrons. The minimum absolute atomic E-state index is 0.0719. The van der Waals surface area contributed by atoms with E-state index in [1.54, 1.807) is 0 Å². The SMILES string of the molecule is CC1(C(=O)N2CCN(c3ccnc(-c4ccccc4)n3)CC2)CC1. The van der Waals surface area contributed by atoms with E-state index >= 15 is 0 Å². The molecule has 0 atom stereocenters. The molecule has 1 aromatic heterocycles. The maximum Gasteiger partial charge on any atom is 0.228 e. The summed E-state index contributed by atoms with van der Waals surface area (Å²) < 4.78 is 0. The summed E-state index contributed by atoms with van der Waals surface area (Å²) in [5, 5.41) is 0. The largest absolute Gasteiger partial charge is 0.353 e. The Morgan fingerprint density at radius 1 is 1.04 bits per heavy atom. The van der Waals surface area contributed by atoms with Gasteiger partial charge in [0.2, 0.25) is 5.91 Å². The molecule has 1 aliphatic carbocycles. The number of carbonyl (C=O) groups excluding carboxylic acids is 1. The van der Waals surface area contributed by atoms with Gasteiger partial charge in [-0.2, -0.15) is 0 Å². The molecule has 1 saturated heterocycles. The number of hydrogen-bond donors (Lipinski definition) is 0. The van der Waals surface area contributed by atoms with Crippen LogP contribution in [0.5, 0.6) is 0 Å². The quantitative estimate of drug-likeness (QED) is 0.871. The van der Waals surface area contributed by atoms with Gasteiger partial charge in [-0.3, -0.25) is 4.79 Å². The Morgan fingerprint density at radius 3 is 2.42 bits per heavy atom. The van der Waals surface area contributed by atoms with Crippen molar-refractivity contribution in [2.24, 2.45) is 5.41 Å². The minimum Gasteiger partial charge on any atom is -0.353 e. The standard InChI is InChI=1S/C19H22N4O/c1-19(8-9-19)18(24)23-13-11-22(12-14-23)16-7-10-20-17(21-16)15-5-3-2-4-6-15/h2-7,10H,8-9,11-14H2,1H3. The second-order valence-corrected chi connectivity index (χ2v) is 6.94. The van der Waals surface area contributed by atoms with E-state index in [0.717, 1.165) is 56.2 Å². The van der Waals surface area contributed by atoms with Crippen LogP contribution in [0.2, 0.25) is 0 Å². The molecular weight excluding hydrogens is 300 g/mol. The molecule has 0 spiro atoms. The number of amides is 1. The molecule has 2 aromatic rings. The number of aromatic nitrogens is 2. The van der Waals surface area contributed by atoms with Crippen molar-refractivity contribution in [1.29, 1.82) is 0 Å². The fourth-order valence-electron chi connectivity index (χ4n) is 3.17. The highest BCUT2D eigenvalue weighted by atomic mass is 16.2. The lowest BCUT2D eigenvalue weighted by atomic mass is 10.1. The van der Waals surface area contributed by atoms with E-state index in [9.17, 15) is 4.79 Å². The van der Waals surface area contributed by atoms with Crippen molar-refractivity contribution < 1.29 is 4.79 Å². The van der Waals surface area contributed by atoms with E-state index in [1.807, 2.05) is 47.5 Å². The molecule has 2 fully saturated rings. The number of carbonyl (C=O) groups is 1. The number of anilines is 1. The second kappa shape index (κ2) is 5.89. The first-order valence-electron chi connectivity index (χ1n) is 8.59. The summed E-state index contributed by atoms with van der Waals surface area (Å²) in [5.41, 5.74) is 0.951. The van der Waals surface area contributed by atoms with Crippen molar-refractivity contribution in [3.8, 4) is 11.4 Å². The number of hydrogen-bond acceptors (Lipinski definition) is 4. The summed E-state index contributed by atoms with van der Waals surface area (Å²) in [7, 11) is 0. The lowest BCUT2D eigenvalue weighted by Crippen LogP contribution is -2.50. The minimum atomic E-state index is -0.0719. The highest BCUT2D eigenvalue weighted by Crippen LogP contribution is 2.46. The summed E-state index contributed by atoms with van der Waals surface area (Å²) >= 11 is 0. The summed E-state index contributed by atoms with van der Waals surface area (Å²) in [4.78, 5) is 25.8. The molecule has 1 aliphatic heterocycles. The molecular formula is C19H22N4O. The number of benzene rings is 1. The summed E-state index contributed by atoms with van der Waals surface area (Å²) in [6.45, 7) is 5.29. The van der Waals surface area contributed by atoms with Gasteiger partial charge in [-0.15, -0.1) is 0 Å². The molecule has 1 aromatic carbocycles. The first-order chi connectivity index (χ1) is 11.7. The van der Waals surface area contributed by atoms with Gasteiger partial charge < -0.3 is 9.80 Å². The second-order valence-electron chi connectivity index (χ2n) is 6.94. The molecule has 5 heteroatoms. The average Bonchev–Trinajstić information content (AvgIpc) is 3.41. The van der Waals surface area contributed by atoms with Crippen molar-refractivity contribution in [2.45, 2.75) is 19.8 Å². The Morgan fingerprint density at radius 2 is 1.75 bits per heavy atom. The van der Waals surface area contributed by atoms with Crippen LogP contribution >= 0.6 is 0 Å². The Labute approximate surface area is 142 Å². The van der Waals surface area contributed by atoms with Gasteiger partial charge in [0, 0.05) is 43.4 Å². The Kier molecular flexibility index (Phi) is 3.71. The molecule has 24 heavy (non-hydrogen) atoms. The highest BCUT2D eigenvalue weighted by molar-refractivity contribution is 5.85. The summed E-state index contributed by atoms with van der Waals surface area (Å²) in [6, 6.07) is 12.0. The third-order valence-corrected chi connectivity index (χ3v) is 5.08. The van der Waals surface area contributed by atoms with Gasteiger partial charge in [-0.25, -0.2) is 9.97 Å². The molecule has 1 amide bonds. The first kappa shape index (κ1) is 15.1. The molecule has 124 valence electrons. The van der Waals surface area contributed by atoms with Crippen LogP contribution in [0.25, 0.3) is 11.4 Å². The zero-order valence-electron chi connectivity index (χ0n) is 14.0. The number of piperazine rings is 1. The monoisotopic (exact) mass is 322 g/mol. The fraction of sp³-hybridized carbons (Fsp3) is 0.421. The van der Waals surface area contributed by atoms with Crippen LogP contribution in [0, 0.1) is 5.41 Å². The van der Waals surface area contributed by atoms with Gasteiger partial charge >= 0.3 is 0 Å². The Bertz CT molecular complexity index is 734. The topological polar surface area (TPSA) is 49.3 Å². The van der Waals surface area contributed by atoms with Crippen LogP contribution < -0.4 is 4.90 Å². The molecule has 2 aliphatic rings. The first-order valence-corrected chi connectivity index (χ1v) is 8.59. The summed E-state index contributed by atoms with van der Waals surface area (Å²) in [5.74, 6) is 2.01. The van der Waals surface area contributed by atoms with Gasteiger partial charge in [0.25, 0.3) is 0 Å².